The maximum atomic E-state index is 12.2. The van der Waals surface area contributed by atoms with Gasteiger partial charge in [0.15, 0.2) is 0 Å². The van der Waals surface area contributed by atoms with Gasteiger partial charge in [-0.25, -0.2) is 4.79 Å². The Morgan fingerprint density at radius 2 is 2.20 bits per heavy atom. The Kier molecular flexibility index (Phi) is 7.99. The summed E-state index contributed by atoms with van der Waals surface area (Å²) in [4.78, 5) is 25.8. The van der Waals surface area contributed by atoms with E-state index >= 15 is 0 Å². The van der Waals surface area contributed by atoms with E-state index in [1.54, 1.807) is 23.6 Å². The Morgan fingerprint density at radius 3 is 2.85 bits per heavy atom. The van der Waals surface area contributed by atoms with Crippen LogP contribution in [-0.4, -0.2) is 60.1 Å². The summed E-state index contributed by atoms with van der Waals surface area (Å²) in [6.45, 7) is 7.79. The summed E-state index contributed by atoms with van der Waals surface area (Å²) < 4.78 is 5.06. The minimum atomic E-state index is -0.403. The third-order valence-corrected chi connectivity index (χ3v) is 4.15. The molecule has 0 saturated carbocycles. The molecule has 1 atom stereocenters. The van der Waals surface area contributed by atoms with E-state index in [1.165, 1.54) is 0 Å². The first kappa shape index (κ1) is 17.3. The summed E-state index contributed by atoms with van der Waals surface area (Å²) in [6, 6.07) is 0.0306. The Bertz CT molecular complexity index is 324. The second kappa shape index (κ2) is 9.23. The van der Waals surface area contributed by atoms with E-state index in [0.717, 1.165) is 18.7 Å². The van der Waals surface area contributed by atoms with Gasteiger partial charge in [0.1, 0.15) is 6.04 Å². The monoisotopic (exact) mass is 302 g/mol. The number of nitrogens with zero attached hydrogens (tertiary/aromatic N) is 1. The zero-order chi connectivity index (χ0) is 15.0. The van der Waals surface area contributed by atoms with Crippen molar-refractivity contribution in [1.29, 1.82) is 0 Å². The number of esters is 1. The minimum absolute atomic E-state index is 0.0638. The highest BCUT2D eigenvalue weighted by molar-refractivity contribution is 7.99. The molecule has 6 heteroatoms. The fourth-order valence-corrected chi connectivity index (χ4v) is 3.14. The van der Waals surface area contributed by atoms with Crippen LogP contribution in [0.3, 0.4) is 0 Å². The molecule has 0 radical (unpaired) electrons. The molecule has 0 spiro atoms. The van der Waals surface area contributed by atoms with Crippen molar-refractivity contribution in [2.75, 3.05) is 31.2 Å². The van der Waals surface area contributed by atoms with E-state index in [-0.39, 0.29) is 11.9 Å². The largest absolute Gasteiger partial charge is 0.464 e. The molecule has 116 valence electrons. The highest BCUT2D eigenvalue weighted by Gasteiger charge is 2.33. The molecule has 1 amide bonds. The first-order valence-corrected chi connectivity index (χ1v) is 8.49. The molecule has 5 nitrogen and oxygen atoms in total. The minimum Gasteiger partial charge on any atom is -0.464 e. The highest BCUT2D eigenvalue weighted by Crippen LogP contribution is 2.19. The lowest BCUT2D eigenvalue weighted by Crippen LogP contribution is -2.51. The third-order valence-electron chi connectivity index (χ3n) is 3.13. The maximum absolute atomic E-state index is 12.2. The first-order valence-electron chi connectivity index (χ1n) is 7.33. The summed E-state index contributed by atoms with van der Waals surface area (Å²) in [7, 11) is 0. The number of nitrogens with one attached hydrogen (secondary N) is 1. The highest BCUT2D eigenvalue weighted by atomic mass is 32.2. The molecule has 20 heavy (non-hydrogen) atoms. The smallest absolute Gasteiger partial charge is 0.329 e. The summed E-state index contributed by atoms with van der Waals surface area (Å²) in [5.41, 5.74) is 0. The van der Waals surface area contributed by atoms with Crippen molar-refractivity contribution in [3.05, 3.63) is 0 Å². The predicted molar refractivity (Wildman–Crippen MR) is 81.8 cm³/mol. The van der Waals surface area contributed by atoms with E-state index in [9.17, 15) is 9.59 Å². The molecular formula is C14H26N2O3S. The van der Waals surface area contributed by atoms with E-state index in [1.807, 2.05) is 0 Å². The zero-order valence-electron chi connectivity index (χ0n) is 12.7. The standard InChI is InChI=1S/C14H26N2O3S/c1-4-19-14(18)12-10-20-9-8-16(12)13(17)6-5-7-15-11(2)3/h11-12,15H,4-10H2,1-3H3. The zero-order valence-corrected chi connectivity index (χ0v) is 13.5. The predicted octanol–water partition coefficient (Wildman–Crippen LogP) is 1.27. The third kappa shape index (κ3) is 5.71. The van der Waals surface area contributed by atoms with Crippen molar-refractivity contribution >= 4 is 23.6 Å². The van der Waals surface area contributed by atoms with Crippen LogP contribution in [0.2, 0.25) is 0 Å². The summed E-state index contributed by atoms with van der Waals surface area (Å²) in [5, 5.41) is 3.29. The lowest BCUT2D eigenvalue weighted by atomic mass is 10.2. The van der Waals surface area contributed by atoms with E-state index in [2.05, 4.69) is 19.2 Å². The van der Waals surface area contributed by atoms with Gasteiger partial charge in [0.2, 0.25) is 5.91 Å². The van der Waals surface area contributed by atoms with Crippen molar-refractivity contribution in [3.63, 3.8) is 0 Å². The van der Waals surface area contributed by atoms with Gasteiger partial charge in [-0.05, 0) is 19.9 Å². The number of amides is 1. The molecule has 0 aliphatic carbocycles. The lowest BCUT2D eigenvalue weighted by Gasteiger charge is -2.33. The van der Waals surface area contributed by atoms with Gasteiger partial charge >= 0.3 is 5.97 Å². The second-order valence-electron chi connectivity index (χ2n) is 5.14. The molecule has 0 aromatic carbocycles. The van der Waals surface area contributed by atoms with Crippen molar-refractivity contribution in [2.24, 2.45) is 0 Å². The van der Waals surface area contributed by atoms with Crippen LogP contribution in [0.25, 0.3) is 0 Å². The summed E-state index contributed by atoms with van der Waals surface area (Å²) in [6.07, 6.45) is 1.29. The SMILES string of the molecule is CCOC(=O)C1CSCCN1C(=O)CCCNC(C)C. The molecule has 0 aromatic heterocycles. The van der Waals surface area contributed by atoms with Gasteiger partial charge in [-0.15, -0.1) is 0 Å². The van der Waals surface area contributed by atoms with Gasteiger partial charge in [-0.2, -0.15) is 11.8 Å². The maximum Gasteiger partial charge on any atom is 0.329 e. The fraction of sp³-hybridized carbons (Fsp3) is 0.857. The van der Waals surface area contributed by atoms with Crippen LogP contribution in [0, 0.1) is 0 Å². The number of hydrogen-bond donors (Lipinski definition) is 1. The molecule has 1 heterocycles. The van der Waals surface area contributed by atoms with Gasteiger partial charge in [0.25, 0.3) is 0 Å². The summed E-state index contributed by atoms with van der Waals surface area (Å²) in [5.74, 6) is 1.34. The van der Waals surface area contributed by atoms with Crippen LogP contribution in [0.5, 0.6) is 0 Å². The van der Waals surface area contributed by atoms with E-state index < -0.39 is 6.04 Å². The van der Waals surface area contributed by atoms with Crippen molar-refractivity contribution in [2.45, 2.75) is 45.7 Å². The number of hydrogen-bond acceptors (Lipinski definition) is 5. The molecule has 1 fully saturated rings. The van der Waals surface area contributed by atoms with Gasteiger partial charge in [0.05, 0.1) is 6.61 Å². The van der Waals surface area contributed by atoms with Gasteiger partial charge in [0, 0.05) is 30.5 Å². The Hall–Kier alpha value is -0.750. The summed E-state index contributed by atoms with van der Waals surface area (Å²) >= 11 is 1.70. The Balaban J connectivity index is 2.43. The average molecular weight is 302 g/mol. The molecule has 1 aliphatic rings. The molecule has 1 aliphatic heterocycles. The number of carbonyl (C=O) groups excluding carboxylic acids is 2. The van der Waals surface area contributed by atoms with Crippen LogP contribution in [0.4, 0.5) is 0 Å². The first-order chi connectivity index (χ1) is 9.56. The molecule has 1 N–H and O–H groups in total. The molecule has 1 rings (SSSR count). The Labute approximate surface area is 125 Å². The topological polar surface area (TPSA) is 58.6 Å². The van der Waals surface area contributed by atoms with Crippen LogP contribution < -0.4 is 5.32 Å². The second-order valence-corrected chi connectivity index (χ2v) is 6.29. The lowest BCUT2D eigenvalue weighted by molar-refractivity contribution is -0.153. The fourth-order valence-electron chi connectivity index (χ4n) is 2.11. The van der Waals surface area contributed by atoms with Crippen LogP contribution in [-0.2, 0) is 14.3 Å². The molecule has 0 bridgehead atoms. The van der Waals surface area contributed by atoms with E-state index in [4.69, 9.17) is 4.74 Å². The quantitative estimate of drug-likeness (QED) is 0.567. The number of ether oxygens (including phenoxy) is 1. The molecule has 1 saturated heterocycles. The molecule has 0 aromatic rings. The van der Waals surface area contributed by atoms with Crippen molar-refractivity contribution < 1.29 is 14.3 Å². The number of carbonyl (C=O) groups is 2. The number of thioether (sulfide) groups is 1. The van der Waals surface area contributed by atoms with Gasteiger partial charge in [-0.3, -0.25) is 4.79 Å². The average Bonchev–Trinajstić information content (AvgIpc) is 2.43. The van der Waals surface area contributed by atoms with Crippen molar-refractivity contribution in [3.8, 4) is 0 Å². The van der Waals surface area contributed by atoms with Crippen molar-refractivity contribution in [1.82, 2.24) is 10.2 Å². The number of rotatable bonds is 7. The molecular weight excluding hydrogens is 276 g/mol. The molecule has 1 unspecified atom stereocenters. The van der Waals surface area contributed by atoms with Crippen LogP contribution in [0.15, 0.2) is 0 Å². The normalized spacial score (nSPS) is 19.2. The van der Waals surface area contributed by atoms with Crippen LogP contribution in [0.1, 0.15) is 33.6 Å². The van der Waals surface area contributed by atoms with Crippen LogP contribution >= 0.6 is 11.8 Å². The van der Waals surface area contributed by atoms with Gasteiger partial charge in [-0.1, -0.05) is 13.8 Å². The Morgan fingerprint density at radius 1 is 1.45 bits per heavy atom. The van der Waals surface area contributed by atoms with Gasteiger partial charge < -0.3 is 15.0 Å². The van der Waals surface area contributed by atoms with E-state index in [0.29, 0.717) is 31.4 Å².